The van der Waals surface area contributed by atoms with E-state index in [4.69, 9.17) is 11.3 Å². The minimum atomic E-state index is -0.325. The fourth-order valence-corrected chi connectivity index (χ4v) is 4.78. The summed E-state index contributed by atoms with van der Waals surface area (Å²) in [5.41, 5.74) is -0.325. The molecule has 6 atom stereocenters. The summed E-state index contributed by atoms with van der Waals surface area (Å²) >= 11 is 0. The third kappa shape index (κ3) is 1.59. The molecule has 0 aromatic rings. The smallest absolute Gasteiger partial charge is 0.330 e. The van der Waals surface area contributed by atoms with Crippen LogP contribution in [0.3, 0.4) is 0 Å². The van der Waals surface area contributed by atoms with Crippen LogP contribution in [0.15, 0.2) is 12.7 Å². The SMILES string of the molecule is [C-]#[N+]C1CC2CC1C1CC(C)(OC(=O)C=C)CC21. The van der Waals surface area contributed by atoms with E-state index in [1.165, 1.54) is 12.5 Å². The summed E-state index contributed by atoms with van der Waals surface area (Å²) in [6.07, 6.45) is 5.46. The second-order valence-corrected chi connectivity index (χ2v) is 6.40. The average molecular weight is 245 g/mol. The molecule has 0 aliphatic heterocycles. The number of fused-ring (bicyclic) bond motifs is 5. The van der Waals surface area contributed by atoms with Gasteiger partial charge >= 0.3 is 5.97 Å². The van der Waals surface area contributed by atoms with Crippen LogP contribution in [0.5, 0.6) is 0 Å². The molecule has 3 saturated carbocycles. The van der Waals surface area contributed by atoms with Crippen molar-refractivity contribution < 1.29 is 9.53 Å². The highest BCUT2D eigenvalue weighted by Crippen LogP contribution is 2.62. The van der Waals surface area contributed by atoms with Crippen LogP contribution in [0.25, 0.3) is 4.85 Å². The highest BCUT2D eigenvalue weighted by atomic mass is 16.6. The lowest BCUT2D eigenvalue weighted by molar-refractivity contribution is -0.151. The lowest BCUT2D eigenvalue weighted by Gasteiger charge is -2.25. The Balaban J connectivity index is 1.75. The molecule has 3 heteroatoms. The summed E-state index contributed by atoms with van der Waals surface area (Å²) in [7, 11) is 0. The van der Waals surface area contributed by atoms with Gasteiger partial charge in [0.25, 0.3) is 0 Å². The van der Waals surface area contributed by atoms with E-state index in [0.29, 0.717) is 23.7 Å². The van der Waals surface area contributed by atoms with Crippen molar-refractivity contribution in [2.24, 2.45) is 23.7 Å². The highest BCUT2D eigenvalue weighted by molar-refractivity contribution is 5.81. The predicted molar refractivity (Wildman–Crippen MR) is 67.5 cm³/mol. The second-order valence-electron chi connectivity index (χ2n) is 6.40. The third-order valence-electron chi connectivity index (χ3n) is 5.33. The van der Waals surface area contributed by atoms with Crippen molar-refractivity contribution >= 4 is 5.97 Å². The van der Waals surface area contributed by atoms with Crippen LogP contribution in [0.2, 0.25) is 0 Å². The van der Waals surface area contributed by atoms with E-state index in [-0.39, 0.29) is 17.6 Å². The molecule has 2 bridgehead atoms. The minimum Gasteiger partial charge on any atom is -0.456 e. The van der Waals surface area contributed by atoms with Gasteiger partial charge in [-0.15, -0.1) is 0 Å². The van der Waals surface area contributed by atoms with Crippen molar-refractivity contribution in [2.75, 3.05) is 0 Å². The molecule has 0 spiro atoms. The summed E-state index contributed by atoms with van der Waals surface area (Å²) in [6.45, 7) is 12.8. The first-order valence-electron chi connectivity index (χ1n) is 6.78. The van der Waals surface area contributed by atoms with E-state index >= 15 is 0 Å². The van der Waals surface area contributed by atoms with Gasteiger partial charge in [0.05, 0.1) is 0 Å². The van der Waals surface area contributed by atoms with Crippen molar-refractivity contribution in [3.63, 3.8) is 0 Å². The van der Waals surface area contributed by atoms with E-state index in [1.54, 1.807) is 0 Å². The minimum absolute atomic E-state index is 0.230. The molecule has 3 aliphatic carbocycles. The lowest BCUT2D eigenvalue weighted by Crippen LogP contribution is -2.29. The van der Waals surface area contributed by atoms with Crippen molar-refractivity contribution in [1.29, 1.82) is 0 Å². The Labute approximate surface area is 108 Å². The van der Waals surface area contributed by atoms with Gasteiger partial charge in [-0.05, 0) is 43.9 Å². The molecular weight excluding hydrogens is 226 g/mol. The molecule has 0 radical (unpaired) electrons. The predicted octanol–water partition coefficient (Wildman–Crippen LogP) is 2.83. The number of carbonyl (C=O) groups excluding carboxylic acids is 1. The van der Waals surface area contributed by atoms with E-state index in [1.807, 2.05) is 6.92 Å². The monoisotopic (exact) mass is 245 g/mol. The Morgan fingerprint density at radius 1 is 1.39 bits per heavy atom. The number of ether oxygens (including phenoxy) is 1. The number of nitrogens with zero attached hydrogens (tertiary/aromatic N) is 1. The maximum atomic E-state index is 11.4. The van der Waals surface area contributed by atoms with E-state index in [0.717, 1.165) is 19.3 Å². The molecule has 0 N–H and O–H groups in total. The molecule has 0 saturated heterocycles. The third-order valence-corrected chi connectivity index (χ3v) is 5.33. The Hall–Kier alpha value is -1.30. The fraction of sp³-hybridized carbons (Fsp3) is 0.733. The van der Waals surface area contributed by atoms with Crippen LogP contribution >= 0.6 is 0 Å². The van der Waals surface area contributed by atoms with Gasteiger partial charge in [0.1, 0.15) is 5.60 Å². The zero-order valence-electron chi connectivity index (χ0n) is 10.8. The van der Waals surface area contributed by atoms with Gasteiger partial charge in [-0.1, -0.05) is 6.58 Å². The van der Waals surface area contributed by atoms with Crippen molar-refractivity contribution in [1.82, 2.24) is 0 Å². The molecule has 6 unspecified atom stereocenters. The second kappa shape index (κ2) is 3.85. The van der Waals surface area contributed by atoms with E-state index < -0.39 is 0 Å². The maximum Gasteiger partial charge on any atom is 0.330 e. The zero-order valence-corrected chi connectivity index (χ0v) is 10.8. The first kappa shape index (κ1) is 11.8. The summed E-state index contributed by atoms with van der Waals surface area (Å²) in [4.78, 5) is 15.2. The van der Waals surface area contributed by atoms with Crippen molar-refractivity contribution in [2.45, 2.75) is 44.2 Å². The van der Waals surface area contributed by atoms with Crippen LogP contribution in [0.1, 0.15) is 32.6 Å². The zero-order chi connectivity index (χ0) is 12.9. The van der Waals surface area contributed by atoms with Crippen LogP contribution in [0.4, 0.5) is 0 Å². The van der Waals surface area contributed by atoms with Crippen LogP contribution in [-0.2, 0) is 9.53 Å². The van der Waals surface area contributed by atoms with Crippen LogP contribution < -0.4 is 0 Å². The van der Waals surface area contributed by atoms with Crippen LogP contribution in [0, 0.1) is 30.2 Å². The standard InChI is InChI=1S/C15H19NO2/c1-4-14(17)18-15(2)7-11-9-5-10(12(11)8-15)13(6-9)16-3/h4,9-13H,1,5-8H2,2H3. The van der Waals surface area contributed by atoms with Gasteiger partial charge in [0.15, 0.2) is 0 Å². The Bertz CT molecular complexity index is 438. The van der Waals surface area contributed by atoms with Gasteiger partial charge < -0.3 is 9.58 Å². The largest absolute Gasteiger partial charge is 0.456 e. The molecule has 0 amide bonds. The summed E-state index contributed by atoms with van der Waals surface area (Å²) in [6, 6.07) is 0.230. The van der Waals surface area contributed by atoms with Crippen molar-refractivity contribution in [3.05, 3.63) is 24.1 Å². The molecule has 3 nitrogen and oxygen atoms in total. The summed E-state index contributed by atoms with van der Waals surface area (Å²) in [5.74, 6) is 2.22. The topological polar surface area (TPSA) is 30.7 Å². The Kier molecular flexibility index (Phi) is 2.52. The summed E-state index contributed by atoms with van der Waals surface area (Å²) in [5, 5.41) is 0. The number of rotatable bonds is 2. The molecular formula is C15H19NO2. The number of esters is 1. The first-order chi connectivity index (χ1) is 8.56. The van der Waals surface area contributed by atoms with Gasteiger partial charge in [-0.25, -0.2) is 11.4 Å². The normalized spacial score (nSPS) is 48.6. The lowest BCUT2D eigenvalue weighted by atomic mass is 9.79. The average Bonchev–Trinajstić information content (AvgIpc) is 2.96. The molecule has 3 fully saturated rings. The van der Waals surface area contributed by atoms with Gasteiger partial charge in [-0.2, -0.15) is 0 Å². The number of hydrogen-bond donors (Lipinski definition) is 0. The quantitative estimate of drug-likeness (QED) is 0.425. The van der Waals surface area contributed by atoms with E-state index in [2.05, 4.69) is 11.4 Å². The van der Waals surface area contributed by atoms with Gasteiger partial charge in [-0.3, -0.25) is 0 Å². The van der Waals surface area contributed by atoms with Crippen molar-refractivity contribution in [3.8, 4) is 0 Å². The molecule has 0 aromatic carbocycles. The van der Waals surface area contributed by atoms with Gasteiger partial charge in [0, 0.05) is 18.4 Å². The number of carbonyl (C=O) groups is 1. The molecule has 0 heterocycles. The van der Waals surface area contributed by atoms with Gasteiger partial charge in [0.2, 0.25) is 6.04 Å². The molecule has 18 heavy (non-hydrogen) atoms. The molecule has 3 aliphatic rings. The fourth-order valence-electron chi connectivity index (χ4n) is 4.78. The first-order valence-corrected chi connectivity index (χ1v) is 6.78. The molecule has 3 rings (SSSR count). The van der Waals surface area contributed by atoms with E-state index in [9.17, 15) is 4.79 Å². The Morgan fingerprint density at radius 2 is 2.11 bits per heavy atom. The molecule has 0 aromatic heterocycles. The maximum absolute atomic E-state index is 11.4. The Morgan fingerprint density at radius 3 is 2.78 bits per heavy atom. The summed E-state index contributed by atoms with van der Waals surface area (Å²) < 4.78 is 5.54. The molecule has 96 valence electrons. The highest BCUT2D eigenvalue weighted by Gasteiger charge is 2.62. The van der Waals surface area contributed by atoms with Crippen LogP contribution in [-0.4, -0.2) is 17.6 Å². The number of hydrogen-bond acceptors (Lipinski definition) is 2.